The molecule has 0 saturated carbocycles. The first-order valence-electron chi connectivity index (χ1n) is 13.2. The standard InChI is InChI=1S/C33H28BrN3O3/c1-40-33(39)30(23-13-11-21(12-14-23)20-7-3-2-4-8-20)37-32(38)28-19-26-25-9-5-6-10-27(25)35-31(26)29(36-28)22-15-17-24(34)18-16-22/h2-18,28-30,35-36H,19H2,1H3,(H,37,38)/t28-,29-,30?/m1/s1. The summed E-state index contributed by atoms with van der Waals surface area (Å²) in [6.45, 7) is 0. The van der Waals surface area contributed by atoms with Gasteiger partial charge in [0.2, 0.25) is 5.91 Å². The lowest BCUT2D eigenvalue weighted by Gasteiger charge is -2.32. The number of aromatic amines is 1. The van der Waals surface area contributed by atoms with Crippen molar-refractivity contribution in [1.29, 1.82) is 0 Å². The van der Waals surface area contributed by atoms with E-state index in [9.17, 15) is 9.59 Å². The topological polar surface area (TPSA) is 83.2 Å². The second kappa shape index (κ2) is 11.1. The van der Waals surface area contributed by atoms with Crippen LogP contribution in [0.2, 0.25) is 0 Å². The summed E-state index contributed by atoms with van der Waals surface area (Å²) in [5.74, 6) is -0.783. The van der Waals surface area contributed by atoms with E-state index in [1.165, 1.54) is 7.11 Å². The smallest absolute Gasteiger partial charge is 0.333 e. The van der Waals surface area contributed by atoms with Gasteiger partial charge in [-0.3, -0.25) is 10.1 Å². The Kier molecular flexibility index (Phi) is 7.24. The van der Waals surface area contributed by atoms with Gasteiger partial charge in [-0.05, 0) is 52.4 Å². The summed E-state index contributed by atoms with van der Waals surface area (Å²) in [5, 5.41) is 7.61. The van der Waals surface area contributed by atoms with E-state index in [1.807, 2.05) is 97.1 Å². The van der Waals surface area contributed by atoms with Gasteiger partial charge in [0, 0.05) is 21.1 Å². The van der Waals surface area contributed by atoms with Crippen LogP contribution in [-0.2, 0) is 20.7 Å². The first-order chi connectivity index (χ1) is 19.5. The van der Waals surface area contributed by atoms with Gasteiger partial charge in [0.1, 0.15) is 0 Å². The van der Waals surface area contributed by atoms with Crippen LogP contribution in [0.25, 0.3) is 22.0 Å². The third kappa shape index (κ3) is 5.06. The fourth-order valence-electron chi connectivity index (χ4n) is 5.46. The molecule has 0 bridgehead atoms. The van der Waals surface area contributed by atoms with Crippen molar-refractivity contribution in [3.05, 3.63) is 130 Å². The molecule has 2 heterocycles. The average Bonchev–Trinajstić information content (AvgIpc) is 3.39. The van der Waals surface area contributed by atoms with E-state index < -0.39 is 18.1 Å². The third-order valence-corrected chi connectivity index (χ3v) is 8.03. The van der Waals surface area contributed by atoms with Crippen molar-refractivity contribution >= 4 is 38.7 Å². The number of H-pyrrole nitrogens is 1. The molecule has 1 unspecified atom stereocenters. The van der Waals surface area contributed by atoms with E-state index in [-0.39, 0.29) is 11.9 Å². The molecule has 0 aliphatic carbocycles. The van der Waals surface area contributed by atoms with Crippen LogP contribution in [-0.4, -0.2) is 30.0 Å². The summed E-state index contributed by atoms with van der Waals surface area (Å²) >= 11 is 3.52. The summed E-state index contributed by atoms with van der Waals surface area (Å²) in [7, 11) is 1.33. The zero-order valence-corrected chi connectivity index (χ0v) is 23.4. The van der Waals surface area contributed by atoms with E-state index in [1.54, 1.807) is 0 Å². The second-order valence-electron chi connectivity index (χ2n) is 9.92. The SMILES string of the molecule is COC(=O)C(NC(=O)[C@H]1Cc2c([nH]c3ccccc23)[C@@H](c2ccc(Br)cc2)N1)c1ccc(-c2ccccc2)cc1. The first kappa shape index (κ1) is 26.0. The highest BCUT2D eigenvalue weighted by Crippen LogP contribution is 2.36. The Hall–Kier alpha value is -4.20. The quantitative estimate of drug-likeness (QED) is 0.204. The zero-order valence-electron chi connectivity index (χ0n) is 21.9. The summed E-state index contributed by atoms with van der Waals surface area (Å²) in [6, 6.07) is 32.1. The maximum Gasteiger partial charge on any atom is 0.333 e. The molecule has 0 saturated heterocycles. The minimum Gasteiger partial charge on any atom is -0.467 e. The normalized spacial score (nSPS) is 17.1. The number of ether oxygens (including phenoxy) is 1. The van der Waals surface area contributed by atoms with Crippen molar-refractivity contribution in [3.63, 3.8) is 0 Å². The summed E-state index contributed by atoms with van der Waals surface area (Å²) in [4.78, 5) is 30.2. The number of hydrogen-bond acceptors (Lipinski definition) is 4. The highest BCUT2D eigenvalue weighted by Gasteiger charge is 2.36. The molecular weight excluding hydrogens is 566 g/mol. The van der Waals surface area contributed by atoms with Gasteiger partial charge in [-0.25, -0.2) is 4.79 Å². The minimum atomic E-state index is -0.931. The Balaban J connectivity index is 1.30. The Labute approximate surface area is 240 Å². The number of halogens is 1. The number of aromatic nitrogens is 1. The van der Waals surface area contributed by atoms with Crippen LogP contribution >= 0.6 is 15.9 Å². The van der Waals surface area contributed by atoms with E-state index >= 15 is 0 Å². The lowest BCUT2D eigenvalue weighted by molar-refractivity contribution is -0.145. The molecule has 3 N–H and O–H groups in total. The fraction of sp³-hybridized carbons (Fsp3) is 0.152. The van der Waals surface area contributed by atoms with Crippen molar-refractivity contribution < 1.29 is 14.3 Å². The molecule has 1 amide bonds. The number of esters is 1. The Bertz CT molecular complexity index is 1660. The minimum absolute atomic E-state index is 0.221. The van der Waals surface area contributed by atoms with E-state index in [0.29, 0.717) is 12.0 Å². The maximum absolute atomic E-state index is 13.8. The zero-order chi connectivity index (χ0) is 27.6. The van der Waals surface area contributed by atoms with Crippen molar-refractivity contribution in [2.75, 3.05) is 7.11 Å². The molecule has 0 fully saturated rings. The number of para-hydroxylation sites is 1. The predicted molar refractivity (Wildman–Crippen MR) is 160 cm³/mol. The number of nitrogens with one attached hydrogen (secondary N) is 3. The molecule has 1 aliphatic heterocycles. The maximum atomic E-state index is 13.8. The predicted octanol–water partition coefficient (Wildman–Crippen LogP) is 6.23. The Morgan fingerprint density at radius 2 is 1.55 bits per heavy atom. The van der Waals surface area contributed by atoms with Crippen molar-refractivity contribution in [2.24, 2.45) is 0 Å². The van der Waals surface area contributed by atoms with Crippen LogP contribution in [0.5, 0.6) is 0 Å². The Morgan fingerprint density at radius 1 is 0.875 bits per heavy atom. The van der Waals surface area contributed by atoms with Crippen molar-refractivity contribution in [2.45, 2.75) is 24.5 Å². The van der Waals surface area contributed by atoms with Gasteiger partial charge in [0.15, 0.2) is 6.04 Å². The van der Waals surface area contributed by atoms with Gasteiger partial charge in [-0.15, -0.1) is 0 Å². The first-order valence-corrected chi connectivity index (χ1v) is 14.0. The van der Waals surface area contributed by atoms with Crippen molar-refractivity contribution in [3.8, 4) is 11.1 Å². The lowest BCUT2D eigenvalue weighted by Crippen LogP contribution is -2.51. The molecule has 6 rings (SSSR count). The largest absolute Gasteiger partial charge is 0.467 e. The molecule has 0 spiro atoms. The second-order valence-corrected chi connectivity index (χ2v) is 10.8. The molecule has 1 aliphatic rings. The van der Waals surface area contributed by atoms with Crippen LogP contribution in [0.1, 0.15) is 34.5 Å². The molecular formula is C33H28BrN3O3. The van der Waals surface area contributed by atoms with Crippen molar-refractivity contribution in [1.82, 2.24) is 15.6 Å². The highest BCUT2D eigenvalue weighted by atomic mass is 79.9. The number of hydrogen-bond donors (Lipinski definition) is 3. The number of amides is 1. The number of carbonyl (C=O) groups excluding carboxylic acids is 2. The van der Waals surface area contributed by atoms with E-state index in [0.717, 1.165) is 43.3 Å². The fourth-order valence-corrected chi connectivity index (χ4v) is 5.72. The summed E-state index contributed by atoms with van der Waals surface area (Å²) < 4.78 is 6.07. The highest BCUT2D eigenvalue weighted by molar-refractivity contribution is 9.10. The third-order valence-electron chi connectivity index (χ3n) is 7.51. The molecule has 6 nitrogen and oxygen atoms in total. The van der Waals surface area contributed by atoms with Crippen LogP contribution < -0.4 is 10.6 Å². The molecule has 40 heavy (non-hydrogen) atoms. The van der Waals surface area contributed by atoms with Gasteiger partial charge < -0.3 is 15.0 Å². The van der Waals surface area contributed by atoms with Gasteiger partial charge in [0.25, 0.3) is 0 Å². The molecule has 0 radical (unpaired) electrons. The van der Waals surface area contributed by atoms with Gasteiger partial charge >= 0.3 is 5.97 Å². The number of fused-ring (bicyclic) bond motifs is 3. The molecule has 1 aromatic heterocycles. The summed E-state index contributed by atoms with van der Waals surface area (Å²) in [5.41, 5.74) is 6.98. The van der Waals surface area contributed by atoms with Gasteiger partial charge in [-0.1, -0.05) is 101 Å². The van der Waals surface area contributed by atoms with E-state index in [2.05, 4.69) is 37.6 Å². The number of benzene rings is 4. The molecule has 3 atom stereocenters. The van der Waals surface area contributed by atoms with Crippen LogP contribution in [0.15, 0.2) is 108 Å². The van der Waals surface area contributed by atoms with Crippen LogP contribution in [0.4, 0.5) is 0 Å². The number of carbonyl (C=O) groups is 2. The molecule has 4 aromatic carbocycles. The summed E-state index contributed by atoms with van der Waals surface area (Å²) in [6.07, 6.45) is 0.485. The number of methoxy groups -OCH3 is 1. The van der Waals surface area contributed by atoms with E-state index in [4.69, 9.17) is 4.74 Å². The monoisotopic (exact) mass is 593 g/mol. The lowest BCUT2D eigenvalue weighted by atomic mass is 9.90. The average molecular weight is 595 g/mol. The molecule has 5 aromatic rings. The van der Waals surface area contributed by atoms with Crippen LogP contribution in [0, 0.1) is 0 Å². The van der Waals surface area contributed by atoms with Gasteiger partial charge in [0.05, 0.1) is 19.2 Å². The Morgan fingerprint density at radius 3 is 2.27 bits per heavy atom. The molecule has 200 valence electrons. The van der Waals surface area contributed by atoms with Gasteiger partial charge in [-0.2, -0.15) is 0 Å². The van der Waals surface area contributed by atoms with Crippen LogP contribution in [0.3, 0.4) is 0 Å². The molecule has 7 heteroatoms. The number of rotatable bonds is 6.